The molecule has 1 aliphatic carbocycles. The Morgan fingerprint density at radius 3 is 2.83 bits per heavy atom. The quantitative estimate of drug-likeness (QED) is 0.879. The van der Waals surface area contributed by atoms with Crippen molar-refractivity contribution in [2.75, 3.05) is 19.6 Å². The molecule has 1 aromatic carbocycles. The Morgan fingerprint density at radius 2 is 2.06 bits per heavy atom. The number of nitrogens with zero attached hydrogens (tertiary/aromatic N) is 1. The maximum atomic E-state index is 3.66. The first-order valence-electron chi connectivity index (χ1n) is 7.41. The molecule has 0 radical (unpaired) electrons. The van der Waals surface area contributed by atoms with Crippen molar-refractivity contribution in [1.82, 2.24) is 10.2 Å². The summed E-state index contributed by atoms with van der Waals surface area (Å²) in [4.78, 5) is 2.71. The van der Waals surface area contributed by atoms with Crippen molar-refractivity contribution in [3.63, 3.8) is 0 Å². The molecular weight excluding hydrogens is 220 g/mol. The summed E-state index contributed by atoms with van der Waals surface area (Å²) in [5, 5.41) is 3.66. The van der Waals surface area contributed by atoms with Crippen LogP contribution in [-0.4, -0.2) is 36.6 Å². The SMILES string of the molecule is CCC1CCN(C2CC2c2ccccc2)CCN1. The van der Waals surface area contributed by atoms with Crippen LogP contribution in [0, 0.1) is 0 Å². The topological polar surface area (TPSA) is 15.3 Å². The maximum Gasteiger partial charge on any atom is 0.0171 e. The van der Waals surface area contributed by atoms with E-state index < -0.39 is 0 Å². The van der Waals surface area contributed by atoms with E-state index in [-0.39, 0.29) is 0 Å². The number of hydrogen-bond donors (Lipinski definition) is 1. The third kappa shape index (κ3) is 2.60. The minimum absolute atomic E-state index is 0.740. The minimum atomic E-state index is 0.740. The lowest BCUT2D eigenvalue weighted by atomic mass is 10.1. The van der Waals surface area contributed by atoms with Crippen molar-refractivity contribution in [1.29, 1.82) is 0 Å². The molecule has 0 aromatic heterocycles. The largest absolute Gasteiger partial charge is 0.313 e. The van der Waals surface area contributed by atoms with E-state index in [2.05, 4.69) is 47.5 Å². The van der Waals surface area contributed by atoms with Crippen LogP contribution in [0.3, 0.4) is 0 Å². The third-order valence-corrected chi connectivity index (χ3v) is 4.54. The second-order valence-corrected chi connectivity index (χ2v) is 5.70. The second-order valence-electron chi connectivity index (χ2n) is 5.70. The zero-order valence-electron chi connectivity index (χ0n) is 11.3. The zero-order chi connectivity index (χ0) is 12.4. The van der Waals surface area contributed by atoms with Gasteiger partial charge in [-0.15, -0.1) is 0 Å². The van der Waals surface area contributed by atoms with Crippen LogP contribution in [0.4, 0.5) is 0 Å². The van der Waals surface area contributed by atoms with E-state index in [0.29, 0.717) is 0 Å². The molecule has 0 bridgehead atoms. The Morgan fingerprint density at radius 1 is 1.22 bits per heavy atom. The highest BCUT2D eigenvalue weighted by Gasteiger charge is 2.42. The van der Waals surface area contributed by atoms with Gasteiger partial charge in [-0.25, -0.2) is 0 Å². The summed E-state index contributed by atoms with van der Waals surface area (Å²) in [5.41, 5.74) is 1.53. The molecule has 2 nitrogen and oxygen atoms in total. The maximum absolute atomic E-state index is 3.66. The fourth-order valence-electron chi connectivity index (χ4n) is 3.27. The van der Waals surface area contributed by atoms with Crippen molar-refractivity contribution in [2.24, 2.45) is 0 Å². The first-order chi connectivity index (χ1) is 8.88. The fourth-order valence-corrected chi connectivity index (χ4v) is 3.27. The Kier molecular flexibility index (Phi) is 3.67. The van der Waals surface area contributed by atoms with Crippen molar-refractivity contribution in [2.45, 2.75) is 44.2 Å². The van der Waals surface area contributed by atoms with Gasteiger partial charge >= 0.3 is 0 Å². The van der Waals surface area contributed by atoms with E-state index in [4.69, 9.17) is 0 Å². The molecule has 1 aliphatic heterocycles. The van der Waals surface area contributed by atoms with Gasteiger partial charge in [-0.05, 0) is 31.4 Å². The zero-order valence-corrected chi connectivity index (χ0v) is 11.3. The number of nitrogens with one attached hydrogen (secondary N) is 1. The van der Waals surface area contributed by atoms with Crippen molar-refractivity contribution in [3.8, 4) is 0 Å². The van der Waals surface area contributed by atoms with Gasteiger partial charge in [-0.1, -0.05) is 37.3 Å². The van der Waals surface area contributed by atoms with Gasteiger partial charge in [-0.2, -0.15) is 0 Å². The Bertz CT molecular complexity index is 376. The molecule has 1 saturated carbocycles. The molecule has 18 heavy (non-hydrogen) atoms. The Balaban J connectivity index is 1.58. The summed E-state index contributed by atoms with van der Waals surface area (Å²) in [5.74, 6) is 0.796. The second kappa shape index (κ2) is 5.41. The molecule has 1 saturated heterocycles. The lowest BCUT2D eigenvalue weighted by Gasteiger charge is -2.20. The summed E-state index contributed by atoms with van der Waals surface area (Å²) in [6.45, 7) is 5.96. The van der Waals surface area contributed by atoms with Gasteiger partial charge in [0.1, 0.15) is 0 Å². The van der Waals surface area contributed by atoms with Gasteiger partial charge in [-0.3, -0.25) is 4.90 Å². The van der Waals surface area contributed by atoms with Crippen molar-refractivity contribution in [3.05, 3.63) is 35.9 Å². The Labute approximate surface area is 110 Å². The molecule has 2 aliphatic rings. The summed E-state index contributed by atoms with van der Waals surface area (Å²) < 4.78 is 0. The van der Waals surface area contributed by atoms with Crippen LogP contribution >= 0.6 is 0 Å². The molecule has 3 rings (SSSR count). The smallest absolute Gasteiger partial charge is 0.0171 e. The average molecular weight is 244 g/mol. The highest BCUT2D eigenvalue weighted by atomic mass is 15.2. The molecule has 0 amide bonds. The molecule has 0 spiro atoms. The van der Waals surface area contributed by atoms with Crippen LogP contribution < -0.4 is 5.32 Å². The third-order valence-electron chi connectivity index (χ3n) is 4.54. The van der Waals surface area contributed by atoms with E-state index in [0.717, 1.165) is 24.5 Å². The molecule has 1 heterocycles. The van der Waals surface area contributed by atoms with Crippen LogP contribution in [0.15, 0.2) is 30.3 Å². The summed E-state index contributed by atoms with van der Waals surface area (Å²) in [7, 11) is 0. The number of hydrogen-bond acceptors (Lipinski definition) is 2. The summed E-state index contributed by atoms with van der Waals surface area (Å²) >= 11 is 0. The summed E-state index contributed by atoms with van der Waals surface area (Å²) in [6, 6.07) is 12.6. The van der Waals surface area contributed by atoms with Gasteiger partial charge in [0.25, 0.3) is 0 Å². The highest BCUT2D eigenvalue weighted by molar-refractivity contribution is 5.27. The molecule has 2 fully saturated rings. The molecule has 3 atom stereocenters. The monoisotopic (exact) mass is 244 g/mol. The molecule has 1 aromatic rings. The first kappa shape index (κ1) is 12.2. The lowest BCUT2D eigenvalue weighted by molar-refractivity contribution is 0.275. The number of benzene rings is 1. The Hall–Kier alpha value is -0.860. The van der Waals surface area contributed by atoms with E-state index in [1.807, 2.05) is 0 Å². The van der Waals surface area contributed by atoms with Crippen LogP contribution in [0.5, 0.6) is 0 Å². The van der Waals surface area contributed by atoms with Gasteiger partial charge < -0.3 is 5.32 Å². The molecule has 2 heteroatoms. The predicted molar refractivity (Wildman–Crippen MR) is 75.9 cm³/mol. The van der Waals surface area contributed by atoms with E-state index in [1.165, 1.54) is 37.9 Å². The molecule has 3 unspecified atom stereocenters. The lowest BCUT2D eigenvalue weighted by Crippen LogP contribution is -2.31. The van der Waals surface area contributed by atoms with Crippen molar-refractivity contribution < 1.29 is 0 Å². The van der Waals surface area contributed by atoms with Gasteiger partial charge in [0, 0.05) is 31.1 Å². The van der Waals surface area contributed by atoms with Crippen LogP contribution in [-0.2, 0) is 0 Å². The highest BCUT2D eigenvalue weighted by Crippen LogP contribution is 2.44. The number of rotatable bonds is 3. The van der Waals surface area contributed by atoms with Crippen LogP contribution in [0.25, 0.3) is 0 Å². The fraction of sp³-hybridized carbons (Fsp3) is 0.625. The van der Waals surface area contributed by atoms with E-state index >= 15 is 0 Å². The molecule has 1 N–H and O–H groups in total. The van der Waals surface area contributed by atoms with E-state index in [1.54, 1.807) is 0 Å². The molecule has 98 valence electrons. The van der Waals surface area contributed by atoms with Crippen LogP contribution in [0.1, 0.15) is 37.7 Å². The average Bonchev–Trinajstić information content (AvgIpc) is 3.23. The minimum Gasteiger partial charge on any atom is -0.313 e. The van der Waals surface area contributed by atoms with Gasteiger partial charge in [0.2, 0.25) is 0 Å². The molecular formula is C16H24N2. The summed E-state index contributed by atoms with van der Waals surface area (Å²) in [6.07, 6.45) is 3.94. The van der Waals surface area contributed by atoms with Crippen molar-refractivity contribution >= 4 is 0 Å². The first-order valence-corrected chi connectivity index (χ1v) is 7.41. The predicted octanol–water partition coefficient (Wildman–Crippen LogP) is 2.62. The standard InChI is InChI=1S/C16H24N2/c1-2-14-8-10-18(11-9-17-14)16-12-15(16)13-6-4-3-5-7-13/h3-7,14-17H,2,8-12H2,1H3. The van der Waals surface area contributed by atoms with E-state index in [9.17, 15) is 0 Å². The normalized spacial score (nSPS) is 33.1. The van der Waals surface area contributed by atoms with Gasteiger partial charge in [0.15, 0.2) is 0 Å². The van der Waals surface area contributed by atoms with Gasteiger partial charge in [0.05, 0.1) is 0 Å². The van der Waals surface area contributed by atoms with Crippen LogP contribution in [0.2, 0.25) is 0 Å².